The van der Waals surface area contributed by atoms with Gasteiger partial charge in [-0.2, -0.15) is 0 Å². The zero-order chi connectivity index (χ0) is 14.4. The van der Waals surface area contributed by atoms with Gasteiger partial charge in [0.2, 0.25) is 0 Å². The van der Waals surface area contributed by atoms with E-state index in [9.17, 15) is 4.79 Å². The number of amides is 2. The van der Waals surface area contributed by atoms with E-state index in [-0.39, 0.29) is 6.03 Å². The highest BCUT2D eigenvalue weighted by molar-refractivity contribution is 5.74. The van der Waals surface area contributed by atoms with Gasteiger partial charge in [-0.15, -0.1) is 0 Å². The summed E-state index contributed by atoms with van der Waals surface area (Å²) >= 11 is 0. The lowest BCUT2D eigenvalue weighted by Gasteiger charge is -2.32. The highest BCUT2D eigenvalue weighted by Crippen LogP contribution is 2.19. The summed E-state index contributed by atoms with van der Waals surface area (Å²) in [5, 5.41) is 3.00. The molecule has 4 heteroatoms. The minimum Gasteiger partial charge on any atom is -0.497 e. The molecule has 1 N–H and O–H groups in total. The smallest absolute Gasteiger partial charge is 0.317 e. The first-order valence-corrected chi connectivity index (χ1v) is 7.38. The van der Waals surface area contributed by atoms with Gasteiger partial charge in [-0.1, -0.05) is 25.5 Å². The van der Waals surface area contributed by atoms with Crippen LogP contribution in [0.3, 0.4) is 0 Å². The minimum atomic E-state index is 0.0546. The first-order valence-electron chi connectivity index (χ1n) is 7.38. The second-order valence-electron chi connectivity index (χ2n) is 5.37. The van der Waals surface area contributed by atoms with Crippen LogP contribution in [0, 0.1) is 5.92 Å². The van der Waals surface area contributed by atoms with Crippen molar-refractivity contribution in [2.24, 2.45) is 5.92 Å². The Kier molecular flexibility index (Phi) is 5.27. The number of methoxy groups -OCH3 is 1. The predicted molar refractivity (Wildman–Crippen MR) is 79.8 cm³/mol. The topological polar surface area (TPSA) is 41.6 Å². The van der Waals surface area contributed by atoms with Gasteiger partial charge in [-0.25, -0.2) is 4.79 Å². The third-order valence-corrected chi connectivity index (χ3v) is 3.99. The zero-order valence-corrected chi connectivity index (χ0v) is 12.4. The van der Waals surface area contributed by atoms with Crippen LogP contribution in [0.4, 0.5) is 4.79 Å². The normalized spacial score (nSPS) is 18.7. The fourth-order valence-corrected chi connectivity index (χ4v) is 2.62. The molecule has 20 heavy (non-hydrogen) atoms. The molecule has 0 aromatic heterocycles. The molecule has 1 fully saturated rings. The summed E-state index contributed by atoms with van der Waals surface area (Å²) in [6.45, 7) is 4.54. The average molecular weight is 276 g/mol. The van der Waals surface area contributed by atoms with Crippen LogP contribution >= 0.6 is 0 Å². The number of hydrogen-bond acceptors (Lipinski definition) is 2. The SMILES string of the molecule is CCC1CCCN(C(=O)NCc2ccc(OC)cc2)C1. The fraction of sp³-hybridized carbons (Fsp3) is 0.562. The van der Waals surface area contributed by atoms with E-state index in [1.54, 1.807) is 7.11 Å². The molecule has 110 valence electrons. The average Bonchev–Trinajstić information content (AvgIpc) is 2.53. The lowest BCUT2D eigenvalue weighted by molar-refractivity contribution is 0.163. The van der Waals surface area contributed by atoms with Crippen molar-refractivity contribution >= 4 is 6.03 Å². The van der Waals surface area contributed by atoms with Crippen molar-refractivity contribution in [3.8, 4) is 5.75 Å². The Bertz CT molecular complexity index is 431. The third-order valence-electron chi connectivity index (χ3n) is 3.99. The van der Waals surface area contributed by atoms with Crippen LogP contribution < -0.4 is 10.1 Å². The number of benzene rings is 1. The van der Waals surface area contributed by atoms with Gasteiger partial charge in [0.1, 0.15) is 5.75 Å². The van der Waals surface area contributed by atoms with Gasteiger partial charge in [0.05, 0.1) is 7.11 Å². The van der Waals surface area contributed by atoms with Gasteiger partial charge >= 0.3 is 6.03 Å². The highest BCUT2D eigenvalue weighted by atomic mass is 16.5. The van der Waals surface area contributed by atoms with Gasteiger partial charge in [-0.05, 0) is 36.5 Å². The zero-order valence-electron chi connectivity index (χ0n) is 12.4. The van der Waals surface area contributed by atoms with Crippen LogP contribution in [0.2, 0.25) is 0 Å². The van der Waals surface area contributed by atoms with E-state index in [4.69, 9.17) is 4.74 Å². The van der Waals surface area contributed by atoms with Gasteiger partial charge in [0, 0.05) is 19.6 Å². The van der Waals surface area contributed by atoms with Crippen LogP contribution in [0.5, 0.6) is 5.75 Å². The summed E-state index contributed by atoms with van der Waals surface area (Å²) in [5.74, 6) is 1.50. The summed E-state index contributed by atoms with van der Waals surface area (Å²) in [6, 6.07) is 7.83. The van der Waals surface area contributed by atoms with Crippen LogP contribution in [0.1, 0.15) is 31.7 Å². The molecular weight excluding hydrogens is 252 g/mol. The molecule has 1 atom stereocenters. The quantitative estimate of drug-likeness (QED) is 0.918. The van der Waals surface area contributed by atoms with E-state index in [1.165, 1.54) is 6.42 Å². The highest BCUT2D eigenvalue weighted by Gasteiger charge is 2.22. The predicted octanol–water partition coefficient (Wildman–Crippen LogP) is 3.03. The second-order valence-corrected chi connectivity index (χ2v) is 5.37. The summed E-state index contributed by atoms with van der Waals surface area (Å²) in [4.78, 5) is 14.1. The monoisotopic (exact) mass is 276 g/mol. The molecule has 2 amide bonds. The number of piperidine rings is 1. The van der Waals surface area contributed by atoms with E-state index < -0.39 is 0 Å². The summed E-state index contributed by atoms with van der Waals surface area (Å²) in [6.07, 6.45) is 3.52. The number of nitrogens with zero attached hydrogens (tertiary/aromatic N) is 1. The van der Waals surface area contributed by atoms with Crippen LogP contribution in [0.25, 0.3) is 0 Å². The minimum absolute atomic E-state index is 0.0546. The Morgan fingerprint density at radius 2 is 2.15 bits per heavy atom. The number of ether oxygens (including phenoxy) is 1. The molecule has 0 aliphatic carbocycles. The Balaban J connectivity index is 1.81. The van der Waals surface area contributed by atoms with Crippen LogP contribution in [-0.4, -0.2) is 31.1 Å². The van der Waals surface area contributed by atoms with Crippen molar-refractivity contribution in [1.82, 2.24) is 10.2 Å². The Labute approximate surface area is 121 Å². The number of carbonyl (C=O) groups is 1. The number of nitrogens with one attached hydrogen (secondary N) is 1. The number of urea groups is 1. The summed E-state index contributed by atoms with van der Waals surface area (Å²) < 4.78 is 5.12. The van der Waals surface area contributed by atoms with E-state index >= 15 is 0 Å². The van der Waals surface area contributed by atoms with Gasteiger partial charge in [-0.3, -0.25) is 0 Å². The van der Waals surface area contributed by atoms with Gasteiger partial charge in [0.25, 0.3) is 0 Å². The number of carbonyl (C=O) groups excluding carboxylic acids is 1. The molecule has 0 spiro atoms. The van der Waals surface area contributed by atoms with Crippen molar-refractivity contribution in [2.45, 2.75) is 32.7 Å². The Hall–Kier alpha value is -1.71. The molecular formula is C16H24N2O2. The van der Waals surface area contributed by atoms with Crippen molar-refractivity contribution in [3.63, 3.8) is 0 Å². The maximum atomic E-state index is 12.1. The second kappa shape index (κ2) is 7.17. The molecule has 0 saturated carbocycles. The van der Waals surface area contributed by atoms with E-state index in [1.807, 2.05) is 29.2 Å². The van der Waals surface area contributed by atoms with Crippen molar-refractivity contribution in [3.05, 3.63) is 29.8 Å². The molecule has 0 radical (unpaired) electrons. The first kappa shape index (κ1) is 14.7. The molecule has 1 aliphatic heterocycles. The maximum Gasteiger partial charge on any atom is 0.317 e. The van der Waals surface area contributed by atoms with Crippen LogP contribution in [0.15, 0.2) is 24.3 Å². The van der Waals surface area contributed by atoms with Crippen molar-refractivity contribution < 1.29 is 9.53 Å². The Morgan fingerprint density at radius 1 is 1.40 bits per heavy atom. The molecule has 4 nitrogen and oxygen atoms in total. The standard InChI is InChI=1S/C16H24N2O2/c1-3-13-5-4-10-18(12-13)16(19)17-11-14-6-8-15(20-2)9-7-14/h6-9,13H,3-5,10-12H2,1-2H3,(H,17,19). The van der Waals surface area contributed by atoms with E-state index in [0.717, 1.165) is 37.2 Å². The van der Waals surface area contributed by atoms with Crippen LogP contribution in [-0.2, 0) is 6.54 Å². The Morgan fingerprint density at radius 3 is 2.80 bits per heavy atom. The number of likely N-dealkylation sites (tertiary alicyclic amines) is 1. The molecule has 1 unspecified atom stereocenters. The molecule has 2 rings (SSSR count). The number of rotatable bonds is 4. The lowest BCUT2D eigenvalue weighted by Crippen LogP contribution is -2.45. The maximum absolute atomic E-state index is 12.1. The molecule has 1 aromatic carbocycles. The fourth-order valence-electron chi connectivity index (χ4n) is 2.62. The molecule has 1 aliphatic rings. The van der Waals surface area contributed by atoms with E-state index in [0.29, 0.717) is 12.5 Å². The largest absolute Gasteiger partial charge is 0.497 e. The molecule has 0 bridgehead atoms. The molecule has 1 heterocycles. The van der Waals surface area contributed by atoms with Gasteiger partial charge < -0.3 is 15.0 Å². The third kappa shape index (κ3) is 3.89. The van der Waals surface area contributed by atoms with E-state index in [2.05, 4.69) is 12.2 Å². The summed E-state index contributed by atoms with van der Waals surface area (Å²) in [7, 11) is 1.65. The molecule has 1 saturated heterocycles. The van der Waals surface area contributed by atoms with Crippen molar-refractivity contribution in [1.29, 1.82) is 0 Å². The molecule has 1 aromatic rings. The first-order chi connectivity index (χ1) is 9.72. The van der Waals surface area contributed by atoms with Gasteiger partial charge in [0.15, 0.2) is 0 Å². The number of hydrogen-bond donors (Lipinski definition) is 1. The summed E-state index contributed by atoms with van der Waals surface area (Å²) in [5.41, 5.74) is 1.09. The van der Waals surface area contributed by atoms with Crippen molar-refractivity contribution in [2.75, 3.05) is 20.2 Å². The lowest BCUT2D eigenvalue weighted by atomic mass is 9.96.